The zero-order valence-corrected chi connectivity index (χ0v) is 11.9. The van der Waals surface area contributed by atoms with Crippen LogP contribution in [0.5, 0.6) is 0 Å². The molecule has 1 heterocycles. The van der Waals surface area contributed by atoms with Crippen LogP contribution in [0.15, 0.2) is 47.8 Å². The van der Waals surface area contributed by atoms with Crippen molar-refractivity contribution in [2.45, 2.75) is 13.0 Å². The first-order chi connectivity index (χ1) is 9.70. The van der Waals surface area contributed by atoms with E-state index in [0.717, 1.165) is 21.2 Å². The Kier molecular flexibility index (Phi) is 3.53. The van der Waals surface area contributed by atoms with Crippen LogP contribution in [0.1, 0.15) is 22.7 Å². The molecule has 0 bridgehead atoms. The molecular formula is C16H15FN2S. The Balaban J connectivity index is 2.16. The van der Waals surface area contributed by atoms with Gasteiger partial charge in [-0.15, -0.1) is 11.3 Å². The number of fused-ring (bicyclic) bond motifs is 1. The van der Waals surface area contributed by atoms with E-state index in [2.05, 4.69) is 17.6 Å². The first kappa shape index (κ1) is 13.2. The summed E-state index contributed by atoms with van der Waals surface area (Å²) in [5.41, 5.74) is 5.21. The minimum atomic E-state index is -0.349. The Hall–Kier alpha value is -1.75. The van der Waals surface area contributed by atoms with Crippen LogP contribution in [0, 0.1) is 12.7 Å². The van der Waals surface area contributed by atoms with E-state index in [-0.39, 0.29) is 11.9 Å². The SMILES string of the molecule is Cc1ccc(C(NN)c2cccc3ccsc23)c(F)c1. The average Bonchev–Trinajstić information content (AvgIpc) is 2.91. The molecule has 0 aliphatic rings. The lowest BCUT2D eigenvalue weighted by molar-refractivity contribution is 0.561. The molecule has 3 N–H and O–H groups in total. The zero-order chi connectivity index (χ0) is 14.1. The Bertz CT molecular complexity index is 751. The van der Waals surface area contributed by atoms with E-state index in [1.54, 1.807) is 17.4 Å². The molecule has 0 saturated heterocycles. The van der Waals surface area contributed by atoms with E-state index in [9.17, 15) is 4.39 Å². The van der Waals surface area contributed by atoms with Crippen LogP contribution >= 0.6 is 11.3 Å². The fourth-order valence-electron chi connectivity index (χ4n) is 2.46. The van der Waals surface area contributed by atoms with E-state index in [1.807, 2.05) is 30.5 Å². The molecule has 0 aliphatic heterocycles. The summed E-state index contributed by atoms with van der Waals surface area (Å²) in [6.07, 6.45) is 0. The van der Waals surface area contributed by atoms with E-state index < -0.39 is 0 Å². The van der Waals surface area contributed by atoms with Crippen molar-refractivity contribution in [3.05, 3.63) is 70.4 Å². The summed E-state index contributed by atoms with van der Waals surface area (Å²) >= 11 is 1.64. The summed E-state index contributed by atoms with van der Waals surface area (Å²) in [6.45, 7) is 1.87. The topological polar surface area (TPSA) is 38.0 Å². The van der Waals surface area contributed by atoms with Crippen molar-refractivity contribution in [1.82, 2.24) is 5.43 Å². The fraction of sp³-hybridized carbons (Fsp3) is 0.125. The molecule has 1 unspecified atom stereocenters. The number of nitrogens with one attached hydrogen (secondary N) is 1. The molecule has 0 fully saturated rings. The number of hydrogen-bond acceptors (Lipinski definition) is 3. The van der Waals surface area contributed by atoms with Crippen molar-refractivity contribution in [2.24, 2.45) is 5.84 Å². The molecule has 4 heteroatoms. The predicted octanol–water partition coefficient (Wildman–Crippen LogP) is 3.90. The minimum absolute atomic E-state index is 0.235. The van der Waals surface area contributed by atoms with Crippen molar-refractivity contribution in [3.63, 3.8) is 0 Å². The van der Waals surface area contributed by atoms with Gasteiger partial charge in [-0.25, -0.2) is 9.82 Å². The smallest absolute Gasteiger partial charge is 0.128 e. The molecule has 0 aliphatic carbocycles. The summed E-state index contributed by atoms with van der Waals surface area (Å²) in [5.74, 6) is 5.46. The van der Waals surface area contributed by atoms with Gasteiger partial charge in [0.2, 0.25) is 0 Å². The van der Waals surface area contributed by atoms with Gasteiger partial charge in [-0.2, -0.15) is 0 Å². The van der Waals surface area contributed by atoms with Gasteiger partial charge in [0.25, 0.3) is 0 Å². The summed E-state index contributed by atoms with van der Waals surface area (Å²) in [4.78, 5) is 0. The van der Waals surface area contributed by atoms with Crippen LogP contribution in [0.2, 0.25) is 0 Å². The number of thiophene rings is 1. The first-order valence-electron chi connectivity index (χ1n) is 6.39. The molecule has 3 aromatic rings. The van der Waals surface area contributed by atoms with Gasteiger partial charge in [-0.1, -0.05) is 30.3 Å². The fourth-order valence-corrected chi connectivity index (χ4v) is 3.40. The quantitative estimate of drug-likeness (QED) is 0.566. The van der Waals surface area contributed by atoms with E-state index >= 15 is 0 Å². The number of aryl methyl sites for hydroxylation is 1. The maximum Gasteiger partial charge on any atom is 0.128 e. The van der Waals surface area contributed by atoms with E-state index in [1.165, 1.54) is 6.07 Å². The van der Waals surface area contributed by atoms with Gasteiger partial charge in [-0.3, -0.25) is 5.84 Å². The highest BCUT2D eigenvalue weighted by Gasteiger charge is 2.19. The number of hydrazine groups is 1. The summed E-state index contributed by atoms with van der Waals surface area (Å²) < 4.78 is 15.3. The monoisotopic (exact) mass is 286 g/mol. The second-order valence-corrected chi connectivity index (χ2v) is 5.73. The standard InChI is InChI=1S/C16H15FN2S/c1-10-5-6-12(14(17)9-10)15(19-18)13-4-2-3-11-7-8-20-16(11)13/h2-9,15,19H,18H2,1H3. The van der Waals surface area contributed by atoms with Gasteiger partial charge in [0.1, 0.15) is 5.82 Å². The van der Waals surface area contributed by atoms with Crippen molar-refractivity contribution in [3.8, 4) is 0 Å². The van der Waals surface area contributed by atoms with Crippen LogP contribution < -0.4 is 11.3 Å². The third-order valence-electron chi connectivity index (χ3n) is 3.45. The van der Waals surface area contributed by atoms with E-state index in [0.29, 0.717) is 5.56 Å². The average molecular weight is 286 g/mol. The van der Waals surface area contributed by atoms with Gasteiger partial charge < -0.3 is 0 Å². The number of nitrogens with two attached hydrogens (primary N) is 1. The Labute approximate surface area is 121 Å². The van der Waals surface area contributed by atoms with E-state index in [4.69, 9.17) is 5.84 Å². The highest BCUT2D eigenvalue weighted by Crippen LogP contribution is 2.33. The van der Waals surface area contributed by atoms with Crippen molar-refractivity contribution >= 4 is 21.4 Å². The third-order valence-corrected chi connectivity index (χ3v) is 4.43. The second kappa shape index (κ2) is 5.32. The molecule has 0 radical (unpaired) electrons. The lowest BCUT2D eigenvalue weighted by atomic mass is 9.97. The number of hydrogen-bond donors (Lipinski definition) is 2. The maximum atomic E-state index is 14.2. The van der Waals surface area contributed by atoms with Gasteiger partial charge in [0, 0.05) is 10.3 Å². The van der Waals surface area contributed by atoms with Crippen LogP contribution in [0.4, 0.5) is 4.39 Å². The minimum Gasteiger partial charge on any atom is -0.271 e. The Morgan fingerprint density at radius 2 is 2.00 bits per heavy atom. The number of halogens is 1. The molecule has 2 aromatic carbocycles. The third kappa shape index (κ3) is 2.22. The second-order valence-electron chi connectivity index (χ2n) is 4.81. The molecule has 102 valence electrons. The summed E-state index contributed by atoms with van der Waals surface area (Å²) in [6, 6.07) is 13.0. The van der Waals surface area contributed by atoms with Crippen molar-refractivity contribution in [1.29, 1.82) is 0 Å². The molecule has 1 aromatic heterocycles. The van der Waals surface area contributed by atoms with Gasteiger partial charge in [0.05, 0.1) is 6.04 Å². The molecule has 0 amide bonds. The molecule has 2 nitrogen and oxygen atoms in total. The zero-order valence-electron chi connectivity index (χ0n) is 11.1. The molecule has 0 saturated carbocycles. The summed E-state index contributed by atoms with van der Waals surface area (Å²) in [5, 5.41) is 3.19. The highest BCUT2D eigenvalue weighted by atomic mass is 32.1. The number of benzene rings is 2. The van der Waals surface area contributed by atoms with Crippen LogP contribution in [-0.4, -0.2) is 0 Å². The van der Waals surface area contributed by atoms with Gasteiger partial charge in [-0.05, 0) is 40.9 Å². The molecular weight excluding hydrogens is 271 g/mol. The predicted molar refractivity (Wildman–Crippen MR) is 82.1 cm³/mol. The van der Waals surface area contributed by atoms with Crippen LogP contribution in [0.3, 0.4) is 0 Å². The molecule has 20 heavy (non-hydrogen) atoms. The van der Waals surface area contributed by atoms with Crippen LogP contribution in [0.25, 0.3) is 10.1 Å². The van der Waals surface area contributed by atoms with Crippen molar-refractivity contribution in [2.75, 3.05) is 0 Å². The van der Waals surface area contributed by atoms with Gasteiger partial charge >= 0.3 is 0 Å². The molecule has 1 atom stereocenters. The number of rotatable bonds is 3. The maximum absolute atomic E-state index is 14.2. The summed E-state index contributed by atoms with van der Waals surface area (Å²) in [7, 11) is 0. The lowest BCUT2D eigenvalue weighted by Crippen LogP contribution is -2.29. The van der Waals surface area contributed by atoms with Crippen LogP contribution in [-0.2, 0) is 0 Å². The molecule has 0 spiro atoms. The first-order valence-corrected chi connectivity index (χ1v) is 7.27. The lowest BCUT2D eigenvalue weighted by Gasteiger charge is -2.18. The highest BCUT2D eigenvalue weighted by molar-refractivity contribution is 7.17. The van der Waals surface area contributed by atoms with Gasteiger partial charge in [0.15, 0.2) is 0 Å². The molecule has 3 rings (SSSR count). The Morgan fingerprint density at radius 3 is 2.75 bits per heavy atom. The van der Waals surface area contributed by atoms with Crippen molar-refractivity contribution < 1.29 is 4.39 Å². The normalized spacial score (nSPS) is 12.8. The largest absolute Gasteiger partial charge is 0.271 e. The Morgan fingerprint density at radius 1 is 1.15 bits per heavy atom.